The fourth-order valence-corrected chi connectivity index (χ4v) is 4.56. The molecule has 0 saturated heterocycles. The molecule has 0 radical (unpaired) electrons. The number of urea groups is 1. The number of amides is 2. The van der Waals surface area contributed by atoms with Gasteiger partial charge in [0.15, 0.2) is 5.78 Å². The van der Waals surface area contributed by atoms with E-state index in [0.717, 1.165) is 36.9 Å². The molecule has 3 rings (SSSR count). The van der Waals surface area contributed by atoms with E-state index in [-0.39, 0.29) is 24.3 Å². The Balaban J connectivity index is 1.61. The maximum absolute atomic E-state index is 12.9. The molecule has 3 N–H and O–H groups in total. The number of nitrogens with one attached hydrogen (secondary N) is 1. The van der Waals surface area contributed by atoms with Gasteiger partial charge in [-0.15, -0.1) is 11.3 Å². The molecule has 1 aliphatic carbocycles. The van der Waals surface area contributed by atoms with Crippen LogP contribution in [0, 0.1) is 0 Å². The van der Waals surface area contributed by atoms with Crippen LogP contribution in [0.25, 0.3) is 0 Å². The Morgan fingerprint density at radius 3 is 2.58 bits per heavy atom. The summed E-state index contributed by atoms with van der Waals surface area (Å²) in [7, 11) is 4.07. The van der Waals surface area contributed by atoms with Crippen LogP contribution in [-0.2, 0) is 13.0 Å². The van der Waals surface area contributed by atoms with Crippen molar-refractivity contribution in [3.8, 4) is 0 Å². The average Bonchev–Trinajstić information content (AvgIpc) is 3.39. The Kier molecular flexibility index (Phi) is 8.43. The third-order valence-electron chi connectivity index (χ3n) is 5.61. The first kappa shape index (κ1) is 23.2. The van der Waals surface area contributed by atoms with Crippen LogP contribution in [0.2, 0.25) is 0 Å². The number of pyridine rings is 1. The number of aromatic nitrogens is 1. The number of hydrogen-bond acceptors (Lipinski definition) is 6. The third-order valence-corrected chi connectivity index (χ3v) is 6.42. The summed E-state index contributed by atoms with van der Waals surface area (Å²) in [6.07, 6.45) is 7.34. The van der Waals surface area contributed by atoms with Crippen molar-refractivity contribution in [2.75, 3.05) is 32.9 Å². The summed E-state index contributed by atoms with van der Waals surface area (Å²) < 4.78 is 0. The average molecular weight is 444 g/mol. The molecule has 2 heterocycles. The molecule has 0 unspecified atom stereocenters. The van der Waals surface area contributed by atoms with Gasteiger partial charge >= 0.3 is 6.03 Å². The van der Waals surface area contributed by atoms with E-state index in [2.05, 4.69) is 15.2 Å². The fraction of sp³-hybridized carbons (Fsp3) is 0.522. The highest BCUT2D eigenvalue weighted by Gasteiger charge is 2.21. The van der Waals surface area contributed by atoms with Crippen LogP contribution >= 0.6 is 11.3 Å². The van der Waals surface area contributed by atoms with Crippen molar-refractivity contribution < 1.29 is 9.59 Å². The zero-order chi connectivity index (χ0) is 22.2. The summed E-state index contributed by atoms with van der Waals surface area (Å²) in [6, 6.07) is 3.90. The Bertz CT molecular complexity index is 859. The normalized spacial score (nSPS) is 14.2. The van der Waals surface area contributed by atoms with E-state index < -0.39 is 0 Å². The summed E-state index contributed by atoms with van der Waals surface area (Å²) >= 11 is 1.49. The van der Waals surface area contributed by atoms with Crippen molar-refractivity contribution in [2.24, 2.45) is 0 Å². The minimum absolute atomic E-state index is 0.0151. The Labute approximate surface area is 188 Å². The second-order valence-corrected chi connectivity index (χ2v) is 9.26. The topological polar surface area (TPSA) is 91.6 Å². The first-order valence-corrected chi connectivity index (χ1v) is 11.9. The van der Waals surface area contributed by atoms with Gasteiger partial charge in [-0.1, -0.05) is 18.9 Å². The summed E-state index contributed by atoms with van der Waals surface area (Å²) in [5, 5.41) is 6.92. The van der Waals surface area contributed by atoms with E-state index >= 15 is 0 Å². The molecular weight excluding hydrogens is 410 g/mol. The fourth-order valence-electron chi connectivity index (χ4n) is 3.81. The molecule has 7 nitrogen and oxygen atoms in total. The number of nitrogens with two attached hydrogens (primary N) is 1. The third kappa shape index (κ3) is 7.04. The minimum Gasteiger partial charge on any atom is -0.398 e. The van der Waals surface area contributed by atoms with Crippen LogP contribution in [0.3, 0.4) is 0 Å². The first-order valence-electron chi connectivity index (χ1n) is 10.9. The van der Waals surface area contributed by atoms with Gasteiger partial charge < -0.3 is 20.9 Å². The molecular formula is C23H33N5O2S. The van der Waals surface area contributed by atoms with E-state index in [9.17, 15) is 9.59 Å². The van der Waals surface area contributed by atoms with Crippen molar-refractivity contribution in [3.05, 3.63) is 45.9 Å². The molecule has 2 aromatic heterocycles. The summed E-state index contributed by atoms with van der Waals surface area (Å²) in [6.45, 7) is 2.07. The molecule has 0 aliphatic heterocycles. The molecule has 168 valence electrons. The number of thiophene rings is 1. The Hall–Kier alpha value is -2.45. The number of Topliss-reactive ketones (excluding diaryl/α,β-unsaturated/α-hetero) is 1. The van der Waals surface area contributed by atoms with Crippen molar-refractivity contribution in [1.29, 1.82) is 0 Å². The Morgan fingerprint density at radius 2 is 1.97 bits per heavy atom. The smallest absolute Gasteiger partial charge is 0.317 e. The highest BCUT2D eigenvalue weighted by molar-refractivity contribution is 7.08. The second kappa shape index (κ2) is 11.2. The highest BCUT2D eigenvalue weighted by atomic mass is 32.1. The van der Waals surface area contributed by atoms with Crippen LogP contribution in [0.5, 0.6) is 0 Å². The van der Waals surface area contributed by atoms with Gasteiger partial charge in [-0.25, -0.2) is 4.79 Å². The molecule has 0 atom stereocenters. The van der Waals surface area contributed by atoms with Gasteiger partial charge in [0.05, 0.1) is 0 Å². The van der Waals surface area contributed by atoms with E-state index in [4.69, 9.17) is 5.73 Å². The Morgan fingerprint density at radius 1 is 1.19 bits per heavy atom. The lowest BCUT2D eigenvalue weighted by Gasteiger charge is -2.26. The number of nitrogens with zero attached hydrogens (tertiary/aromatic N) is 3. The maximum atomic E-state index is 12.9. The van der Waals surface area contributed by atoms with Crippen LogP contribution in [0.15, 0.2) is 29.1 Å². The van der Waals surface area contributed by atoms with Gasteiger partial charge in [0.1, 0.15) is 5.69 Å². The number of carbonyl (C=O) groups is 2. The van der Waals surface area contributed by atoms with Crippen molar-refractivity contribution in [2.45, 2.75) is 51.1 Å². The van der Waals surface area contributed by atoms with Crippen molar-refractivity contribution in [1.82, 2.24) is 20.1 Å². The largest absolute Gasteiger partial charge is 0.398 e. The zero-order valence-electron chi connectivity index (χ0n) is 18.5. The van der Waals surface area contributed by atoms with Gasteiger partial charge in [-0.2, -0.15) is 0 Å². The molecule has 0 spiro atoms. The van der Waals surface area contributed by atoms with E-state index in [1.165, 1.54) is 24.2 Å². The van der Waals surface area contributed by atoms with Gasteiger partial charge in [0.2, 0.25) is 0 Å². The summed E-state index contributed by atoms with van der Waals surface area (Å²) in [4.78, 5) is 33.7. The van der Waals surface area contributed by atoms with Crippen LogP contribution in [0.1, 0.15) is 53.7 Å². The lowest BCUT2D eigenvalue weighted by Crippen LogP contribution is -2.44. The first-order chi connectivity index (χ1) is 14.9. The number of carbonyl (C=O) groups excluding carboxylic acids is 2. The van der Waals surface area contributed by atoms with Crippen molar-refractivity contribution in [3.63, 3.8) is 0 Å². The van der Waals surface area contributed by atoms with Gasteiger partial charge in [-0.3, -0.25) is 9.78 Å². The standard InChI is InChI=1S/C23H33N5O2S/c1-27(2)10-5-11-28(23(30)26-19-6-3-4-7-19)14-17-8-9-21(25-13-17)22(29)12-18-15-31-16-20(18)24/h8-9,13,15-16,19H,3-7,10-12,14,24H2,1-2H3,(H,26,30). The number of nitrogen functional groups attached to an aromatic ring is 1. The van der Waals surface area contributed by atoms with Gasteiger partial charge in [0, 0.05) is 42.8 Å². The molecule has 1 aliphatic rings. The molecule has 1 fully saturated rings. The predicted molar refractivity (Wildman–Crippen MR) is 125 cm³/mol. The molecule has 31 heavy (non-hydrogen) atoms. The van der Waals surface area contributed by atoms with E-state index in [0.29, 0.717) is 24.5 Å². The highest BCUT2D eigenvalue weighted by Crippen LogP contribution is 2.20. The number of hydrogen-bond donors (Lipinski definition) is 2. The SMILES string of the molecule is CN(C)CCCN(Cc1ccc(C(=O)Cc2cscc2N)nc1)C(=O)NC1CCCC1. The van der Waals surface area contributed by atoms with Crippen LogP contribution < -0.4 is 11.1 Å². The predicted octanol–water partition coefficient (Wildman–Crippen LogP) is 3.56. The van der Waals surface area contributed by atoms with E-state index in [1.807, 2.05) is 35.8 Å². The second-order valence-electron chi connectivity index (χ2n) is 8.51. The lowest BCUT2D eigenvalue weighted by atomic mass is 10.1. The lowest BCUT2D eigenvalue weighted by molar-refractivity contribution is 0.0988. The molecule has 0 aromatic carbocycles. The summed E-state index contributed by atoms with van der Waals surface area (Å²) in [5.74, 6) is -0.0570. The van der Waals surface area contributed by atoms with E-state index in [1.54, 1.807) is 12.3 Å². The summed E-state index contributed by atoms with van der Waals surface area (Å²) in [5.41, 5.74) is 8.71. The van der Waals surface area contributed by atoms with Crippen LogP contribution in [0.4, 0.5) is 10.5 Å². The zero-order valence-corrected chi connectivity index (χ0v) is 19.3. The molecule has 2 aromatic rings. The minimum atomic E-state index is -0.0570. The monoisotopic (exact) mass is 443 g/mol. The van der Waals surface area contributed by atoms with Gasteiger partial charge in [0.25, 0.3) is 0 Å². The van der Waals surface area contributed by atoms with Crippen molar-refractivity contribution >= 4 is 28.8 Å². The maximum Gasteiger partial charge on any atom is 0.317 e. The van der Waals surface area contributed by atoms with Gasteiger partial charge in [-0.05, 0) is 62.5 Å². The van der Waals surface area contributed by atoms with Crippen LogP contribution in [-0.4, -0.2) is 59.8 Å². The number of ketones is 1. The number of rotatable bonds is 10. The number of anilines is 1. The molecule has 2 amide bonds. The molecule has 1 saturated carbocycles. The molecule has 8 heteroatoms. The molecule has 0 bridgehead atoms. The quantitative estimate of drug-likeness (QED) is 0.548.